The SMILES string of the molecule is O=C(C1CCC1)N1CCN(c2nc(-c3ccccc3)nc3ccccc23)CC1. The van der Waals surface area contributed by atoms with Crippen LogP contribution in [0.1, 0.15) is 19.3 Å². The number of carbonyl (C=O) groups is 1. The van der Waals surface area contributed by atoms with Gasteiger partial charge in [0.25, 0.3) is 0 Å². The zero-order valence-electron chi connectivity index (χ0n) is 15.9. The van der Waals surface area contributed by atoms with Gasteiger partial charge in [-0.25, -0.2) is 9.97 Å². The quantitative estimate of drug-likeness (QED) is 0.703. The van der Waals surface area contributed by atoms with Crippen LogP contribution in [0.4, 0.5) is 5.82 Å². The molecule has 1 saturated heterocycles. The molecule has 142 valence electrons. The van der Waals surface area contributed by atoms with Crippen molar-refractivity contribution in [2.45, 2.75) is 19.3 Å². The molecular weight excluding hydrogens is 348 g/mol. The molecule has 5 nitrogen and oxygen atoms in total. The highest BCUT2D eigenvalue weighted by atomic mass is 16.2. The summed E-state index contributed by atoms with van der Waals surface area (Å²) in [5.74, 6) is 2.35. The molecule has 2 fully saturated rings. The Hall–Kier alpha value is -2.95. The molecule has 1 aliphatic carbocycles. The smallest absolute Gasteiger partial charge is 0.225 e. The number of rotatable bonds is 3. The van der Waals surface area contributed by atoms with E-state index < -0.39 is 0 Å². The summed E-state index contributed by atoms with van der Waals surface area (Å²) < 4.78 is 0. The van der Waals surface area contributed by atoms with Gasteiger partial charge in [-0.2, -0.15) is 0 Å². The van der Waals surface area contributed by atoms with E-state index in [0.717, 1.165) is 67.1 Å². The van der Waals surface area contributed by atoms with Gasteiger partial charge in [0.1, 0.15) is 5.82 Å². The number of carbonyl (C=O) groups excluding carboxylic acids is 1. The number of nitrogens with zero attached hydrogens (tertiary/aromatic N) is 4. The van der Waals surface area contributed by atoms with Crippen molar-refractivity contribution in [2.75, 3.05) is 31.1 Å². The highest BCUT2D eigenvalue weighted by Crippen LogP contribution is 2.30. The van der Waals surface area contributed by atoms with Gasteiger partial charge in [0.05, 0.1) is 5.52 Å². The van der Waals surface area contributed by atoms with Crippen molar-refractivity contribution in [1.82, 2.24) is 14.9 Å². The Morgan fingerprint density at radius 2 is 1.57 bits per heavy atom. The molecule has 2 aromatic carbocycles. The third-order valence-electron chi connectivity index (χ3n) is 5.96. The molecule has 28 heavy (non-hydrogen) atoms. The number of anilines is 1. The molecule has 5 rings (SSSR count). The van der Waals surface area contributed by atoms with Gasteiger partial charge in [0.15, 0.2) is 5.82 Å². The summed E-state index contributed by atoms with van der Waals surface area (Å²) in [6.45, 7) is 3.17. The number of piperazine rings is 1. The van der Waals surface area contributed by atoms with E-state index in [1.807, 2.05) is 53.4 Å². The number of benzene rings is 2. The standard InChI is InChI=1S/C23H24N4O/c28-23(18-9-6-10-18)27-15-13-26(14-16-27)22-19-11-4-5-12-20(19)24-21(25-22)17-7-2-1-3-8-17/h1-5,7-8,11-12,18H,6,9-10,13-16H2. The fourth-order valence-corrected chi connectivity index (χ4v) is 4.07. The van der Waals surface area contributed by atoms with E-state index in [2.05, 4.69) is 11.0 Å². The Labute approximate surface area is 165 Å². The van der Waals surface area contributed by atoms with Crippen LogP contribution in [-0.2, 0) is 4.79 Å². The zero-order valence-corrected chi connectivity index (χ0v) is 15.9. The minimum Gasteiger partial charge on any atom is -0.352 e. The van der Waals surface area contributed by atoms with Crippen molar-refractivity contribution in [2.24, 2.45) is 5.92 Å². The number of hydrogen-bond acceptors (Lipinski definition) is 4. The first-order valence-electron chi connectivity index (χ1n) is 10.2. The van der Waals surface area contributed by atoms with Gasteiger partial charge >= 0.3 is 0 Å². The maximum absolute atomic E-state index is 12.6. The second-order valence-electron chi connectivity index (χ2n) is 7.69. The molecule has 0 N–H and O–H groups in total. The summed E-state index contributed by atoms with van der Waals surface area (Å²) in [4.78, 5) is 26.6. The molecule has 2 heterocycles. The summed E-state index contributed by atoms with van der Waals surface area (Å²) in [6.07, 6.45) is 3.33. The number of para-hydroxylation sites is 1. The monoisotopic (exact) mass is 372 g/mol. The molecule has 1 amide bonds. The molecule has 0 unspecified atom stereocenters. The second-order valence-corrected chi connectivity index (χ2v) is 7.69. The molecule has 1 saturated carbocycles. The highest BCUT2D eigenvalue weighted by Gasteiger charge is 2.31. The van der Waals surface area contributed by atoms with Crippen molar-refractivity contribution >= 4 is 22.6 Å². The third-order valence-corrected chi connectivity index (χ3v) is 5.96. The Morgan fingerprint density at radius 1 is 0.857 bits per heavy atom. The van der Waals surface area contributed by atoms with Gasteiger partial charge < -0.3 is 9.80 Å². The van der Waals surface area contributed by atoms with Crippen LogP contribution < -0.4 is 4.90 Å². The van der Waals surface area contributed by atoms with Crippen LogP contribution in [0.2, 0.25) is 0 Å². The largest absolute Gasteiger partial charge is 0.352 e. The van der Waals surface area contributed by atoms with Crippen LogP contribution in [0.25, 0.3) is 22.3 Å². The molecule has 0 atom stereocenters. The van der Waals surface area contributed by atoms with Gasteiger partial charge in [0.2, 0.25) is 5.91 Å². The summed E-state index contributed by atoms with van der Waals surface area (Å²) >= 11 is 0. The van der Waals surface area contributed by atoms with Gasteiger partial charge in [-0.15, -0.1) is 0 Å². The van der Waals surface area contributed by atoms with E-state index in [9.17, 15) is 4.79 Å². The van der Waals surface area contributed by atoms with Crippen molar-refractivity contribution in [3.8, 4) is 11.4 Å². The second kappa shape index (κ2) is 7.23. The van der Waals surface area contributed by atoms with E-state index in [4.69, 9.17) is 9.97 Å². The normalized spacial score (nSPS) is 17.6. The summed E-state index contributed by atoms with van der Waals surface area (Å²) in [7, 11) is 0. The molecule has 2 aliphatic rings. The zero-order chi connectivity index (χ0) is 18.9. The van der Waals surface area contributed by atoms with Crippen LogP contribution >= 0.6 is 0 Å². The van der Waals surface area contributed by atoms with Crippen molar-refractivity contribution < 1.29 is 4.79 Å². The van der Waals surface area contributed by atoms with E-state index in [-0.39, 0.29) is 5.92 Å². The number of amides is 1. The van der Waals surface area contributed by atoms with Crippen LogP contribution in [0, 0.1) is 5.92 Å². The Morgan fingerprint density at radius 3 is 2.29 bits per heavy atom. The van der Waals surface area contributed by atoms with E-state index in [1.165, 1.54) is 6.42 Å². The fraction of sp³-hybridized carbons (Fsp3) is 0.348. The summed E-state index contributed by atoms with van der Waals surface area (Å²) in [5.41, 5.74) is 1.98. The van der Waals surface area contributed by atoms with E-state index in [0.29, 0.717) is 5.91 Å². The maximum atomic E-state index is 12.6. The molecule has 0 radical (unpaired) electrons. The Balaban J connectivity index is 1.44. The van der Waals surface area contributed by atoms with Crippen LogP contribution in [-0.4, -0.2) is 47.0 Å². The average molecular weight is 372 g/mol. The lowest BCUT2D eigenvalue weighted by Crippen LogP contribution is -2.51. The average Bonchev–Trinajstić information content (AvgIpc) is 2.72. The van der Waals surface area contributed by atoms with Crippen molar-refractivity contribution in [3.63, 3.8) is 0 Å². The lowest BCUT2D eigenvalue weighted by atomic mass is 9.84. The van der Waals surface area contributed by atoms with Crippen LogP contribution in [0.5, 0.6) is 0 Å². The number of fused-ring (bicyclic) bond motifs is 1. The molecule has 5 heteroatoms. The minimum atomic E-state index is 0.274. The molecule has 0 spiro atoms. The molecule has 1 aromatic heterocycles. The highest BCUT2D eigenvalue weighted by molar-refractivity contribution is 5.91. The number of hydrogen-bond donors (Lipinski definition) is 0. The summed E-state index contributed by atoms with van der Waals surface area (Å²) in [5, 5.41) is 1.07. The topological polar surface area (TPSA) is 49.3 Å². The van der Waals surface area contributed by atoms with Gasteiger partial charge in [-0.3, -0.25) is 4.79 Å². The van der Waals surface area contributed by atoms with Gasteiger partial charge in [-0.1, -0.05) is 48.9 Å². The van der Waals surface area contributed by atoms with Gasteiger partial charge in [0, 0.05) is 43.0 Å². The van der Waals surface area contributed by atoms with E-state index in [1.54, 1.807) is 0 Å². The molecule has 0 bridgehead atoms. The van der Waals surface area contributed by atoms with Crippen molar-refractivity contribution in [1.29, 1.82) is 0 Å². The van der Waals surface area contributed by atoms with Crippen molar-refractivity contribution in [3.05, 3.63) is 54.6 Å². The predicted molar refractivity (Wildman–Crippen MR) is 111 cm³/mol. The third kappa shape index (κ3) is 3.11. The van der Waals surface area contributed by atoms with Crippen LogP contribution in [0.3, 0.4) is 0 Å². The molecule has 3 aromatic rings. The first kappa shape index (κ1) is 17.2. The van der Waals surface area contributed by atoms with E-state index >= 15 is 0 Å². The Kier molecular flexibility index (Phi) is 4.43. The maximum Gasteiger partial charge on any atom is 0.225 e. The first-order chi connectivity index (χ1) is 13.8. The lowest BCUT2D eigenvalue weighted by molar-refractivity contribution is -0.138. The Bertz CT molecular complexity index is 992. The van der Waals surface area contributed by atoms with Crippen LogP contribution in [0.15, 0.2) is 54.6 Å². The summed E-state index contributed by atoms with van der Waals surface area (Å²) in [6, 6.07) is 18.3. The molecular formula is C23H24N4O. The predicted octanol–water partition coefficient (Wildman–Crippen LogP) is 3.75. The fourth-order valence-electron chi connectivity index (χ4n) is 4.07. The lowest BCUT2D eigenvalue weighted by Gasteiger charge is -2.39. The first-order valence-corrected chi connectivity index (χ1v) is 10.2. The molecule has 1 aliphatic heterocycles. The minimum absolute atomic E-state index is 0.274. The van der Waals surface area contributed by atoms with Gasteiger partial charge in [-0.05, 0) is 25.0 Å². The number of aromatic nitrogens is 2.